The first-order chi connectivity index (χ1) is 11.6. The van der Waals surface area contributed by atoms with Crippen LogP contribution in [0.1, 0.15) is 28.5 Å². The van der Waals surface area contributed by atoms with Crippen molar-refractivity contribution in [2.45, 2.75) is 19.9 Å². The molecule has 0 spiro atoms. The molecule has 1 aromatic carbocycles. The SMILES string of the molecule is CCc1nn(C)cc1CN1CCN(C(=O)c2ccccc2F)CC1. The van der Waals surface area contributed by atoms with Crippen LogP contribution in [0.4, 0.5) is 4.39 Å². The fraction of sp³-hybridized carbons (Fsp3) is 0.444. The number of piperazine rings is 1. The number of aryl methyl sites for hydroxylation is 2. The minimum atomic E-state index is -0.451. The van der Waals surface area contributed by atoms with E-state index in [0.717, 1.165) is 31.7 Å². The molecule has 1 saturated heterocycles. The Kier molecular flexibility index (Phi) is 4.94. The third kappa shape index (κ3) is 3.48. The van der Waals surface area contributed by atoms with Gasteiger partial charge in [-0.2, -0.15) is 5.10 Å². The maximum absolute atomic E-state index is 13.8. The van der Waals surface area contributed by atoms with Gasteiger partial charge in [0.1, 0.15) is 5.82 Å². The molecular weight excluding hydrogens is 307 g/mol. The summed E-state index contributed by atoms with van der Waals surface area (Å²) in [5.41, 5.74) is 2.53. The minimum Gasteiger partial charge on any atom is -0.336 e. The molecule has 5 nitrogen and oxygen atoms in total. The number of benzene rings is 1. The fourth-order valence-electron chi connectivity index (χ4n) is 3.17. The van der Waals surface area contributed by atoms with E-state index >= 15 is 0 Å². The second-order valence-electron chi connectivity index (χ2n) is 6.18. The van der Waals surface area contributed by atoms with Gasteiger partial charge in [0.2, 0.25) is 0 Å². The van der Waals surface area contributed by atoms with Crippen LogP contribution < -0.4 is 0 Å². The van der Waals surface area contributed by atoms with Gasteiger partial charge in [-0.05, 0) is 18.6 Å². The van der Waals surface area contributed by atoms with Crippen LogP contribution in [0, 0.1) is 5.82 Å². The summed E-state index contributed by atoms with van der Waals surface area (Å²) in [7, 11) is 1.94. The summed E-state index contributed by atoms with van der Waals surface area (Å²) < 4.78 is 15.6. The third-order valence-corrected chi connectivity index (χ3v) is 4.48. The normalized spacial score (nSPS) is 15.7. The number of amides is 1. The molecule has 0 radical (unpaired) electrons. The molecule has 3 rings (SSSR count). The van der Waals surface area contributed by atoms with E-state index in [1.54, 1.807) is 23.1 Å². The van der Waals surface area contributed by atoms with Crippen molar-refractivity contribution in [2.24, 2.45) is 7.05 Å². The average molecular weight is 330 g/mol. The number of nitrogens with zero attached hydrogens (tertiary/aromatic N) is 4. The van der Waals surface area contributed by atoms with Crippen molar-refractivity contribution in [3.63, 3.8) is 0 Å². The maximum atomic E-state index is 13.8. The van der Waals surface area contributed by atoms with Gasteiger partial charge in [0, 0.05) is 51.5 Å². The molecule has 0 bridgehead atoms. The van der Waals surface area contributed by atoms with Crippen LogP contribution in [-0.4, -0.2) is 51.7 Å². The van der Waals surface area contributed by atoms with Gasteiger partial charge in [0.05, 0.1) is 11.3 Å². The summed E-state index contributed by atoms with van der Waals surface area (Å²) in [6, 6.07) is 6.18. The lowest BCUT2D eigenvalue weighted by Crippen LogP contribution is -2.48. The topological polar surface area (TPSA) is 41.4 Å². The zero-order valence-corrected chi connectivity index (χ0v) is 14.2. The van der Waals surface area contributed by atoms with E-state index < -0.39 is 5.82 Å². The van der Waals surface area contributed by atoms with Gasteiger partial charge in [-0.3, -0.25) is 14.4 Å². The first-order valence-electron chi connectivity index (χ1n) is 8.36. The van der Waals surface area contributed by atoms with E-state index in [1.807, 2.05) is 11.7 Å². The molecule has 2 aromatic rings. The molecule has 0 saturated carbocycles. The van der Waals surface area contributed by atoms with Crippen molar-refractivity contribution in [1.29, 1.82) is 0 Å². The highest BCUT2D eigenvalue weighted by molar-refractivity contribution is 5.94. The fourth-order valence-corrected chi connectivity index (χ4v) is 3.17. The van der Waals surface area contributed by atoms with Gasteiger partial charge in [-0.1, -0.05) is 19.1 Å². The predicted molar refractivity (Wildman–Crippen MR) is 90.2 cm³/mol. The smallest absolute Gasteiger partial charge is 0.256 e. The Morgan fingerprint density at radius 1 is 1.21 bits per heavy atom. The zero-order valence-electron chi connectivity index (χ0n) is 14.2. The van der Waals surface area contributed by atoms with Gasteiger partial charge in [-0.15, -0.1) is 0 Å². The van der Waals surface area contributed by atoms with Crippen LogP contribution >= 0.6 is 0 Å². The molecule has 24 heavy (non-hydrogen) atoms. The quantitative estimate of drug-likeness (QED) is 0.862. The van der Waals surface area contributed by atoms with Crippen molar-refractivity contribution < 1.29 is 9.18 Å². The van der Waals surface area contributed by atoms with Gasteiger partial charge in [0.15, 0.2) is 0 Å². The van der Waals surface area contributed by atoms with Crippen molar-refractivity contribution in [2.75, 3.05) is 26.2 Å². The molecule has 0 aliphatic carbocycles. The molecule has 6 heteroatoms. The molecule has 128 valence electrons. The molecule has 1 aliphatic rings. The number of hydrogen-bond donors (Lipinski definition) is 0. The summed E-state index contributed by atoms with van der Waals surface area (Å²) in [5, 5.41) is 4.47. The van der Waals surface area contributed by atoms with E-state index in [1.165, 1.54) is 11.6 Å². The van der Waals surface area contributed by atoms with Crippen LogP contribution in [0.15, 0.2) is 30.5 Å². The molecule has 1 aliphatic heterocycles. The Bertz CT molecular complexity index is 720. The van der Waals surface area contributed by atoms with E-state index in [-0.39, 0.29) is 11.5 Å². The molecule has 1 amide bonds. The predicted octanol–water partition coefficient (Wildman–Crippen LogP) is 2.08. The van der Waals surface area contributed by atoms with E-state index in [9.17, 15) is 9.18 Å². The number of halogens is 1. The highest BCUT2D eigenvalue weighted by Gasteiger charge is 2.24. The second kappa shape index (κ2) is 7.13. The van der Waals surface area contributed by atoms with Gasteiger partial charge >= 0.3 is 0 Å². The highest BCUT2D eigenvalue weighted by Crippen LogP contribution is 2.15. The van der Waals surface area contributed by atoms with Crippen molar-refractivity contribution in [1.82, 2.24) is 19.6 Å². The van der Waals surface area contributed by atoms with Gasteiger partial charge in [0.25, 0.3) is 5.91 Å². The molecule has 0 atom stereocenters. The van der Waals surface area contributed by atoms with Crippen LogP contribution in [0.2, 0.25) is 0 Å². The maximum Gasteiger partial charge on any atom is 0.256 e. The lowest BCUT2D eigenvalue weighted by atomic mass is 10.1. The largest absolute Gasteiger partial charge is 0.336 e. The van der Waals surface area contributed by atoms with E-state index in [4.69, 9.17) is 0 Å². The summed E-state index contributed by atoms with van der Waals surface area (Å²) in [4.78, 5) is 16.5. The van der Waals surface area contributed by atoms with Crippen molar-refractivity contribution in [3.8, 4) is 0 Å². The van der Waals surface area contributed by atoms with Gasteiger partial charge in [-0.25, -0.2) is 4.39 Å². The molecule has 1 aromatic heterocycles. The molecule has 0 unspecified atom stereocenters. The molecule has 0 N–H and O–H groups in total. The summed E-state index contributed by atoms with van der Waals surface area (Å²) in [6.07, 6.45) is 2.98. The summed E-state index contributed by atoms with van der Waals surface area (Å²) in [5.74, 6) is -0.670. The first kappa shape index (κ1) is 16.6. The summed E-state index contributed by atoms with van der Waals surface area (Å²) in [6.45, 7) is 5.77. The second-order valence-corrected chi connectivity index (χ2v) is 6.18. The Morgan fingerprint density at radius 3 is 2.58 bits per heavy atom. The van der Waals surface area contributed by atoms with Crippen LogP contribution in [0.25, 0.3) is 0 Å². The van der Waals surface area contributed by atoms with Crippen LogP contribution in [-0.2, 0) is 20.0 Å². The third-order valence-electron chi connectivity index (χ3n) is 4.48. The van der Waals surface area contributed by atoms with Crippen LogP contribution in [0.3, 0.4) is 0 Å². The number of hydrogen-bond acceptors (Lipinski definition) is 3. The van der Waals surface area contributed by atoms with Crippen LogP contribution in [0.5, 0.6) is 0 Å². The average Bonchev–Trinajstić information content (AvgIpc) is 2.95. The standard InChI is InChI=1S/C18H23FN4O/c1-3-17-14(12-21(2)20-17)13-22-8-10-23(11-9-22)18(24)15-6-4-5-7-16(15)19/h4-7,12H,3,8-11,13H2,1-2H3. The minimum absolute atomic E-state index is 0.159. The van der Waals surface area contributed by atoms with E-state index in [2.05, 4.69) is 23.1 Å². The Labute approximate surface area is 141 Å². The number of rotatable bonds is 4. The van der Waals surface area contributed by atoms with Crippen molar-refractivity contribution >= 4 is 5.91 Å². The number of aromatic nitrogens is 2. The van der Waals surface area contributed by atoms with Crippen molar-refractivity contribution in [3.05, 3.63) is 53.1 Å². The van der Waals surface area contributed by atoms with Gasteiger partial charge < -0.3 is 4.90 Å². The first-order valence-corrected chi connectivity index (χ1v) is 8.36. The Hall–Kier alpha value is -2.21. The number of carbonyl (C=O) groups excluding carboxylic acids is 1. The molecule has 1 fully saturated rings. The highest BCUT2D eigenvalue weighted by atomic mass is 19.1. The Morgan fingerprint density at radius 2 is 1.92 bits per heavy atom. The monoisotopic (exact) mass is 330 g/mol. The van der Waals surface area contributed by atoms with E-state index in [0.29, 0.717) is 13.1 Å². The molecular formula is C18H23FN4O. The lowest BCUT2D eigenvalue weighted by molar-refractivity contribution is 0.0623. The number of carbonyl (C=O) groups is 1. The Balaban J connectivity index is 1.59. The zero-order chi connectivity index (χ0) is 17.1. The summed E-state index contributed by atoms with van der Waals surface area (Å²) >= 11 is 0. The molecule has 2 heterocycles. The lowest BCUT2D eigenvalue weighted by Gasteiger charge is -2.34.